The SMILES string of the molecule is C.C=C(CC)Nc1ccc2c(c1)C1(C)CC(C)CC(C(=C)C)C1CC2.C=C(NC)[C@@]1(C)CCCC2(C)C3=C(CCC(C)=C3)CCC21.C=CCCC(C)N.CCC.CO.NC=O. The van der Waals surface area contributed by atoms with Crippen LogP contribution in [0.5, 0.6) is 0 Å². The van der Waals surface area contributed by atoms with E-state index < -0.39 is 0 Å². The van der Waals surface area contributed by atoms with Gasteiger partial charge in [-0.2, -0.15) is 0 Å². The highest BCUT2D eigenvalue weighted by Gasteiger charge is 2.53. The maximum absolute atomic E-state index is 8.58. The number of allylic oxidation sites excluding steroid dienone is 8. The van der Waals surface area contributed by atoms with E-state index in [-0.39, 0.29) is 24.7 Å². The molecule has 1 aromatic rings. The smallest absolute Gasteiger partial charge is 0.204 e. The van der Waals surface area contributed by atoms with Gasteiger partial charge in [0.25, 0.3) is 0 Å². The second-order valence-electron chi connectivity index (χ2n) is 19.2. The maximum atomic E-state index is 8.58. The summed E-state index contributed by atoms with van der Waals surface area (Å²) in [6.07, 6.45) is 23.3. The average molecular weight is 845 g/mol. The van der Waals surface area contributed by atoms with Crippen LogP contribution in [-0.4, -0.2) is 31.7 Å². The number of amides is 1. The highest BCUT2D eigenvalue weighted by molar-refractivity contribution is 5.55. The Bertz CT molecular complexity index is 1600. The normalized spacial score (nSPS) is 28.1. The summed E-state index contributed by atoms with van der Waals surface area (Å²) in [6.45, 7) is 39.3. The summed E-state index contributed by atoms with van der Waals surface area (Å²) < 4.78 is 0. The van der Waals surface area contributed by atoms with Gasteiger partial charge in [0.05, 0.1) is 0 Å². The molecule has 61 heavy (non-hydrogen) atoms. The molecule has 1 amide bonds. The topological polar surface area (TPSA) is 113 Å². The van der Waals surface area contributed by atoms with Crippen LogP contribution in [0.25, 0.3) is 0 Å². The van der Waals surface area contributed by atoms with Crippen LogP contribution in [0.4, 0.5) is 5.69 Å². The van der Waals surface area contributed by atoms with E-state index in [9.17, 15) is 0 Å². The standard InChI is InChI=1S/C23H33N.C20H31N.C6H13N.C3H8.CH3NO.CH4O.CH4/c1-7-17(5)24-19-10-8-18-9-11-21-20(15(2)3)12-16(4)14-23(21,6)22(18)13-19;1-14-7-8-16-9-10-18-19(3,15(2)21-5)11-6-12-20(18,4)17(16)13-14;1-3-4-5-6(2)7;1-3-2;2-1-3;1-2;/h8,10,13,16,20-21,24H,2,5,7,9,11-12,14H2,1,3-4,6H3;13,18,21H,2,6-12H2,1,3-5H3;3,6H,1,4-5,7H2,2H3;3H2,1-2H3;1H,(H2,2,3);2H,1H3;1H4/t;18?,19-,20?;;;;;/m.1...../s1. The number of aliphatic hydroxyl groups is 1. The Hall–Kier alpha value is -3.35. The van der Waals surface area contributed by atoms with Crippen molar-refractivity contribution in [3.8, 4) is 0 Å². The number of carbonyl (C=O) groups excluding carboxylic acids is 1. The van der Waals surface area contributed by atoms with Crippen molar-refractivity contribution < 1.29 is 9.90 Å². The van der Waals surface area contributed by atoms with E-state index in [0.29, 0.717) is 17.4 Å². The molecule has 6 rings (SSSR count). The minimum absolute atomic E-state index is 0. The van der Waals surface area contributed by atoms with Gasteiger partial charge in [0, 0.05) is 42.7 Å². The summed E-state index contributed by atoms with van der Waals surface area (Å²) in [5.41, 5.74) is 23.6. The number of hydrogen-bond donors (Lipinski definition) is 5. The predicted molar refractivity (Wildman–Crippen MR) is 271 cm³/mol. The van der Waals surface area contributed by atoms with Gasteiger partial charge in [-0.1, -0.05) is 123 Å². The van der Waals surface area contributed by atoms with E-state index in [4.69, 9.17) is 15.6 Å². The fourth-order valence-corrected chi connectivity index (χ4v) is 11.3. The number of rotatable bonds is 9. The van der Waals surface area contributed by atoms with Crippen molar-refractivity contribution in [2.75, 3.05) is 19.5 Å². The number of nitrogens with two attached hydrogens (primary N) is 2. The molecule has 348 valence electrons. The summed E-state index contributed by atoms with van der Waals surface area (Å²) in [5, 5.41) is 13.9. The molecule has 0 saturated heterocycles. The van der Waals surface area contributed by atoms with Crippen molar-refractivity contribution in [1.29, 1.82) is 0 Å². The molecule has 0 heterocycles. The number of anilines is 1. The van der Waals surface area contributed by atoms with Gasteiger partial charge in [-0.15, -0.1) is 6.58 Å². The van der Waals surface area contributed by atoms with Crippen LogP contribution in [0.1, 0.15) is 178 Å². The fourth-order valence-electron chi connectivity index (χ4n) is 11.3. The number of benzene rings is 1. The van der Waals surface area contributed by atoms with E-state index in [1.165, 1.54) is 94.0 Å². The summed E-state index contributed by atoms with van der Waals surface area (Å²) in [6, 6.07) is 7.32. The van der Waals surface area contributed by atoms with Gasteiger partial charge < -0.3 is 27.2 Å². The fraction of sp³-hybridized carbons (Fsp3) is 0.655. The molecule has 0 aromatic heterocycles. The summed E-state index contributed by atoms with van der Waals surface area (Å²) >= 11 is 0. The largest absolute Gasteiger partial charge is 0.400 e. The van der Waals surface area contributed by atoms with Gasteiger partial charge in [-0.05, 0) is 168 Å². The first-order chi connectivity index (χ1) is 28.4. The van der Waals surface area contributed by atoms with Crippen LogP contribution in [0, 0.1) is 34.5 Å². The van der Waals surface area contributed by atoms with Crippen molar-refractivity contribution in [1.82, 2.24) is 5.32 Å². The number of fused-ring (bicyclic) bond motifs is 5. The van der Waals surface area contributed by atoms with Gasteiger partial charge in [0.15, 0.2) is 0 Å². The van der Waals surface area contributed by atoms with Crippen molar-refractivity contribution >= 4 is 12.1 Å². The first-order valence-electron chi connectivity index (χ1n) is 23.3. The molecule has 7 unspecified atom stereocenters. The van der Waals surface area contributed by atoms with Crippen molar-refractivity contribution in [2.24, 2.45) is 46.0 Å². The van der Waals surface area contributed by atoms with Crippen LogP contribution < -0.4 is 22.1 Å². The third-order valence-electron chi connectivity index (χ3n) is 14.3. The van der Waals surface area contributed by atoms with E-state index >= 15 is 0 Å². The van der Waals surface area contributed by atoms with E-state index in [1.807, 2.05) is 20.0 Å². The Morgan fingerprint density at radius 2 is 1.64 bits per heavy atom. The predicted octanol–water partition coefficient (Wildman–Crippen LogP) is 13.9. The van der Waals surface area contributed by atoms with Gasteiger partial charge >= 0.3 is 0 Å². The summed E-state index contributed by atoms with van der Waals surface area (Å²) in [5.74, 6) is 2.91. The Morgan fingerprint density at radius 1 is 1.02 bits per heavy atom. The van der Waals surface area contributed by atoms with E-state index in [0.717, 1.165) is 49.8 Å². The lowest BCUT2D eigenvalue weighted by Gasteiger charge is -2.57. The molecule has 1 aromatic carbocycles. The lowest BCUT2D eigenvalue weighted by molar-refractivity contribution is -0.106. The summed E-state index contributed by atoms with van der Waals surface area (Å²) in [4.78, 5) is 8.58. The maximum Gasteiger partial charge on any atom is 0.204 e. The molecule has 0 spiro atoms. The molecule has 8 atom stereocenters. The van der Waals surface area contributed by atoms with Gasteiger partial charge in [-0.3, -0.25) is 4.79 Å². The Morgan fingerprint density at radius 3 is 2.16 bits per heavy atom. The van der Waals surface area contributed by atoms with Crippen molar-refractivity contribution in [3.63, 3.8) is 0 Å². The van der Waals surface area contributed by atoms with E-state index in [1.54, 1.807) is 27.8 Å². The van der Waals surface area contributed by atoms with Gasteiger partial charge in [-0.25, -0.2) is 0 Å². The van der Waals surface area contributed by atoms with Crippen molar-refractivity contribution in [3.05, 3.63) is 101 Å². The van der Waals surface area contributed by atoms with Gasteiger partial charge in [0.1, 0.15) is 0 Å². The lowest BCUT2D eigenvalue weighted by atomic mass is 9.48. The molecule has 0 bridgehead atoms. The van der Waals surface area contributed by atoms with Crippen LogP contribution in [0.15, 0.2) is 90.4 Å². The Labute approximate surface area is 377 Å². The molecule has 2 saturated carbocycles. The average Bonchev–Trinajstić information content (AvgIpc) is 3.21. The third kappa shape index (κ3) is 15.2. The first-order valence-corrected chi connectivity index (χ1v) is 23.3. The first kappa shape index (κ1) is 57.6. The number of carbonyl (C=O) groups is 1. The molecule has 6 nitrogen and oxygen atoms in total. The van der Waals surface area contributed by atoms with Gasteiger partial charge in [0.2, 0.25) is 6.41 Å². The molecule has 6 heteroatoms. The highest BCUT2D eigenvalue weighted by Crippen LogP contribution is 2.62. The Balaban J connectivity index is 0.000000885. The number of nitrogens with one attached hydrogen (secondary N) is 2. The van der Waals surface area contributed by atoms with Crippen LogP contribution in [0.2, 0.25) is 0 Å². The second-order valence-corrected chi connectivity index (χ2v) is 19.2. The number of aliphatic hydroxyl groups excluding tert-OH is 1. The number of aryl methyl sites for hydroxylation is 1. The number of primary amides is 1. The molecule has 5 aliphatic carbocycles. The van der Waals surface area contributed by atoms with Crippen LogP contribution in [0.3, 0.4) is 0 Å². The monoisotopic (exact) mass is 845 g/mol. The minimum Gasteiger partial charge on any atom is -0.400 e. The highest BCUT2D eigenvalue weighted by atomic mass is 16.2. The number of hydrogen-bond acceptors (Lipinski definition) is 5. The second kappa shape index (κ2) is 27.7. The quantitative estimate of drug-likeness (QED) is 0.125. The lowest BCUT2D eigenvalue weighted by Crippen LogP contribution is -2.49. The molecule has 7 N–H and O–H groups in total. The molecule has 0 radical (unpaired) electrons. The molecule has 0 aliphatic heterocycles. The summed E-state index contributed by atoms with van der Waals surface area (Å²) in [7, 11) is 3.04. The van der Waals surface area contributed by atoms with Crippen LogP contribution in [-0.2, 0) is 16.6 Å². The molecule has 2 fully saturated rings. The molecule has 5 aliphatic rings. The van der Waals surface area contributed by atoms with Crippen LogP contribution >= 0.6 is 0 Å². The minimum atomic E-state index is 0. The zero-order valence-corrected chi connectivity index (χ0v) is 40.8. The zero-order chi connectivity index (χ0) is 45.8. The van der Waals surface area contributed by atoms with E-state index in [2.05, 4.69) is 129 Å². The zero-order valence-electron chi connectivity index (χ0n) is 40.8. The molecular weight excluding hydrogens is 749 g/mol. The third-order valence-corrected chi connectivity index (χ3v) is 14.3. The van der Waals surface area contributed by atoms with Crippen molar-refractivity contribution in [2.45, 2.75) is 184 Å². The Kier molecular flexibility index (Phi) is 26.1. The molecular formula is C55H96N4O2.